The average molecular weight is 500 g/mol. The van der Waals surface area contributed by atoms with Gasteiger partial charge in [-0.3, -0.25) is 4.79 Å². The quantitative estimate of drug-likeness (QED) is 0.367. The van der Waals surface area contributed by atoms with Crippen LogP contribution in [0.25, 0.3) is 0 Å². The van der Waals surface area contributed by atoms with Crippen molar-refractivity contribution in [2.24, 2.45) is 5.73 Å². The highest BCUT2D eigenvalue weighted by atomic mass is 35.5. The Morgan fingerprint density at radius 3 is 2.62 bits per heavy atom. The number of nitrogens with two attached hydrogens (primary N) is 1. The van der Waals surface area contributed by atoms with Crippen molar-refractivity contribution in [3.8, 4) is 0 Å². The third-order valence-corrected chi connectivity index (χ3v) is 5.83. The third-order valence-electron chi connectivity index (χ3n) is 5.26. The minimum absolute atomic E-state index is 0.155. The molecule has 4 rings (SSSR count). The van der Waals surface area contributed by atoms with E-state index in [9.17, 15) is 9.59 Å². The molecule has 11 heteroatoms. The Morgan fingerprint density at radius 2 is 1.88 bits per heavy atom. The Kier molecular flexibility index (Phi) is 7.34. The fraction of sp³-hybridized carbons (Fsp3) is 0.217. The first-order chi connectivity index (χ1) is 16.4. The average Bonchev–Trinajstić information content (AvgIpc) is 3.35. The van der Waals surface area contributed by atoms with E-state index in [0.717, 1.165) is 31.5 Å². The van der Waals surface area contributed by atoms with Gasteiger partial charge in [-0.15, -0.1) is 0 Å². The third kappa shape index (κ3) is 5.86. The van der Waals surface area contributed by atoms with Gasteiger partial charge in [-0.25, -0.2) is 9.78 Å². The van der Waals surface area contributed by atoms with Gasteiger partial charge in [-0.05, 0) is 48.7 Å². The van der Waals surface area contributed by atoms with E-state index in [1.54, 1.807) is 29.2 Å². The second-order valence-corrected chi connectivity index (χ2v) is 8.59. The molecule has 176 valence electrons. The lowest BCUT2D eigenvalue weighted by atomic mass is 10.2. The molecule has 0 spiro atoms. The molecule has 0 bridgehead atoms. The van der Waals surface area contributed by atoms with E-state index in [1.807, 2.05) is 18.2 Å². The van der Waals surface area contributed by atoms with E-state index in [2.05, 4.69) is 25.9 Å². The van der Waals surface area contributed by atoms with Crippen molar-refractivity contribution in [1.82, 2.24) is 14.9 Å². The van der Waals surface area contributed by atoms with E-state index in [-0.39, 0.29) is 23.4 Å². The number of likely N-dealkylation sites (tertiary alicyclic amines) is 1. The van der Waals surface area contributed by atoms with Crippen LogP contribution in [0.4, 0.5) is 27.9 Å². The van der Waals surface area contributed by atoms with Gasteiger partial charge < -0.3 is 26.6 Å². The summed E-state index contributed by atoms with van der Waals surface area (Å²) in [6.45, 7) is 1.84. The molecule has 0 aliphatic carbocycles. The molecule has 1 aliphatic rings. The fourth-order valence-corrected chi connectivity index (χ4v) is 3.91. The molecular weight excluding hydrogens is 477 g/mol. The van der Waals surface area contributed by atoms with Crippen LogP contribution < -0.4 is 21.7 Å². The van der Waals surface area contributed by atoms with Gasteiger partial charge in [0.15, 0.2) is 0 Å². The molecule has 2 aromatic carbocycles. The van der Waals surface area contributed by atoms with E-state index in [0.29, 0.717) is 28.0 Å². The van der Waals surface area contributed by atoms with Crippen LogP contribution >= 0.6 is 23.2 Å². The second kappa shape index (κ2) is 10.6. The number of nitrogens with zero attached hydrogens (tertiary/aromatic N) is 3. The van der Waals surface area contributed by atoms with Gasteiger partial charge in [0.25, 0.3) is 5.91 Å². The maximum atomic E-state index is 12.4. The van der Waals surface area contributed by atoms with Gasteiger partial charge in [0, 0.05) is 36.5 Å². The Hall–Kier alpha value is -3.56. The number of benzene rings is 2. The highest BCUT2D eigenvalue weighted by Gasteiger charge is 2.19. The lowest BCUT2D eigenvalue weighted by molar-refractivity contribution is 0.100. The highest BCUT2D eigenvalue weighted by molar-refractivity contribution is 6.33. The van der Waals surface area contributed by atoms with Crippen molar-refractivity contribution < 1.29 is 9.59 Å². The largest absolute Gasteiger partial charge is 0.365 e. The normalized spacial score (nSPS) is 12.9. The van der Waals surface area contributed by atoms with E-state index >= 15 is 0 Å². The number of aromatic nitrogens is 2. The van der Waals surface area contributed by atoms with Gasteiger partial charge in [0.1, 0.15) is 5.82 Å². The van der Waals surface area contributed by atoms with E-state index in [1.165, 1.54) is 6.20 Å². The molecule has 1 fully saturated rings. The van der Waals surface area contributed by atoms with Gasteiger partial charge in [0.2, 0.25) is 5.95 Å². The summed E-state index contributed by atoms with van der Waals surface area (Å²) in [7, 11) is 0. The van der Waals surface area contributed by atoms with Crippen LogP contribution in [0.2, 0.25) is 10.0 Å². The number of carbonyl (C=O) groups excluding carboxylic acids is 2. The number of halogens is 2. The summed E-state index contributed by atoms with van der Waals surface area (Å²) in [4.78, 5) is 34.6. The fourth-order valence-electron chi connectivity index (χ4n) is 3.53. The lowest BCUT2D eigenvalue weighted by Crippen LogP contribution is -2.32. The van der Waals surface area contributed by atoms with Gasteiger partial charge >= 0.3 is 6.03 Å². The first-order valence-corrected chi connectivity index (χ1v) is 11.4. The topological polar surface area (TPSA) is 125 Å². The van der Waals surface area contributed by atoms with Crippen LogP contribution in [0.5, 0.6) is 0 Å². The molecular formula is C23H23Cl2N7O2. The number of primary amides is 1. The molecule has 1 aliphatic heterocycles. The van der Waals surface area contributed by atoms with E-state index < -0.39 is 5.91 Å². The van der Waals surface area contributed by atoms with Gasteiger partial charge in [-0.2, -0.15) is 4.98 Å². The molecule has 1 saturated heterocycles. The summed E-state index contributed by atoms with van der Waals surface area (Å²) in [6.07, 6.45) is 3.34. The SMILES string of the molecule is NC(=O)c1cnc(Nc2ccc(Cl)c(NC(=O)N3CCCC3)c2)nc1NCc1cccc(Cl)c1. The number of hydrogen-bond acceptors (Lipinski definition) is 6. The summed E-state index contributed by atoms with van der Waals surface area (Å²) < 4.78 is 0. The molecule has 1 aromatic heterocycles. The second-order valence-electron chi connectivity index (χ2n) is 7.75. The molecule has 0 unspecified atom stereocenters. The van der Waals surface area contributed by atoms with Gasteiger partial charge in [0.05, 0.1) is 16.3 Å². The number of anilines is 4. The lowest BCUT2D eigenvalue weighted by Gasteiger charge is -2.17. The van der Waals surface area contributed by atoms with Crippen molar-refractivity contribution in [3.63, 3.8) is 0 Å². The molecule has 34 heavy (non-hydrogen) atoms. The highest BCUT2D eigenvalue weighted by Crippen LogP contribution is 2.28. The first kappa shape index (κ1) is 23.6. The minimum Gasteiger partial charge on any atom is -0.365 e. The molecule has 9 nitrogen and oxygen atoms in total. The standard InChI is InChI=1S/C23H23Cl2N7O2/c24-15-5-3-4-14(10-15)12-27-21-17(20(26)33)13-28-22(31-21)29-16-6-7-18(25)19(11-16)30-23(34)32-8-1-2-9-32/h3-7,10-11,13H,1-2,8-9,12H2,(H2,26,33)(H,30,34)(H2,27,28,29,31). The Balaban J connectivity index is 1.51. The van der Waals surface area contributed by atoms with Crippen molar-refractivity contribution in [3.05, 3.63) is 69.8 Å². The maximum Gasteiger partial charge on any atom is 0.321 e. The Morgan fingerprint density at radius 1 is 1.09 bits per heavy atom. The summed E-state index contributed by atoms with van der Waals surface area (Å²) in [5.74, 6) is -0.141. The molecule has 3 aromatic rings. The summed E-state index contributed by atoms with van der Waals surface area (Å²) in [5, 5.41) is 10.0. The predicted octanol–water partition coefficient (Wildman–Crippen LogP) is 4.87. The Bertz CT molecular complexity index is 1220. The number of carbonyl (C=O) groups is 2. The smallest absolute Gasteiger partial charge is 0.321 e. The molecule has 0 saturated carbocycles. The number of nitrogens with one attached hydrogen (secondary N) is 3. The zero-order valence-corrected chi connectivity index (χ0v) is 19.7. The van der Waals surface area contributed by atoms with Crippen molar-refractivity contribution in [2.45, 2.75) is 19.4 Å². The summed E-state index contributed by atoms with van der Waals surface area (Å²) in [5.41, 5.74) is 7.62. The van der Waals surface area contributed by atoms with Crippen molar-refractivity contribution in [2.75, 3.05) is 29.0 Å². The Labute approximate surface area is 206 Å². The van der Waals surface area contributed by atoms with Crippen molar-refractivity contribution in [1.29, 1.82) is 0 Å². The summed E-state index contributed by atoms with van der Waals surface area (Å²) in [6, 6.07) is 12.2. The van der Waals surface area contributed by atoms with Crippen LogP contribution in [0.3, 0.4) is 0 Å². The zero-order valence-electron chi connectivity index (χ0n) is 18.1. The number of rotatable bonds is 7. The van der Waals surface area contributed by atoms with Crippen LogP contribution in [-0.2, 0) is 6.54 Å². The summed E-state index contributed by atoms with van der Waals surface area (Å²) >= 11 is 12.3. The molecule has 2 heterocycles. The molecule has 0 atom stereocenters. The van der Waals surface area contributed by atoms with Crippen LogP contribution in [0, 0.1) is 0 Å². The van der Waals surface area contributed by atoms with Crippen LogP contribution in [0.1, 0.15) is 28.8 Å². The van der Waals surface area contributed by atoms with Gasteiger partial charge in [-0.1, -0.05) is 35.3 Å². The monoisotopic (exact) mass is 499 g/mol. The zero-order chi connectivity index (χ0) is 24.1. The van der Waals surface area contributed by atoms with Crippen molar-refractivity contribution >= 4 is 58.3 Å². The molecule has 5 N–H and O–H groups in total. The van der Waals surface area contributed by atoms with Crippen LogP contribution in [-0.4, -0.2) is 39.9 Å². The van der Waals surface area contributed by atoms with Crippen LogP contribution in [0.15, 0.2) is 48.7 Å². The number of amides is 3. The number of urea groups is 1. The maximum absolute atomic E-state index is 12.4. The predicted molar refractivity (Wildman–Crippen MR) is 134 cm³/mol. The first-order valence-electron chi connectivity index (χ1n) is 10.7. The number of hydrogen-bond donors (Lipinski definition) is 4. The molecule has 3 amide bonds. The van der Waals surface area contributed by atoms with E-state index in [4.69, 9.17) is 28.9 Å². The minimum atomic E-state index is -0.654. The molecule has 0 radical (unpaired) electrons.